The fourth-order valence-corrected chi connectivity index (χ4v) is 2.02. The van der Waals surface area contributed by atoms with Crippen molar-refractivity contribution in [3.63, 3.8) is 0 Å². The maximum atomic E-state index is 11.3. The number of aromatic hydroxyl groups is 1. The van der Waals surface area contributed by atoms with Gasteiger partial charge in [-0.3, -0.25) is 4.79 Å². The van der Waals surface area contributed by atoms with E-state index < -0.39 is 0 Å². The molecule has 90 valence electrons. The molecule has 1 atom stereocenters. The summed E-state index contributed by atoms with van der Waals surface area (Å²) in [6, 6.07) is 3.02. The molecule has 1 heterocycles. The Morgan fingerprint density at radius 1 is 1.65 bits per heavy atom. The molecule has 0 spiro atoms. The number of ether oxygens (including phenoxy) is 1. The summed E-state index contributed by atoms with van der Waals surface area (Å²) in [5, 5.41) is 12.4. The van der Waals surface area contributed by atoms with E-state index in [0.717, 1.165) is 5.56 Å². The molecule has 0 radical (unpaired) electrons. The Morgan fingerprint density at radius 2 is 2.41 bits per heavy atom. The summed E-state index contributed by atoms with van der Waals surface area (Å²) < 4.78 is 5.41. The van der Waals surface area contributed by atoms with Crippen molar-refractivity contribution in [1.82, 2.24) is 5.32 Å². The lowest BCUT2D eigenvalue weighted by Crippen LogP contribution is -2.30. The first-order chi connectivity index (χ1) is 8.13. The van der Waals surface area contributed by atoms with Crippen LogP contribution in [0.3, 0.4) is 0 Å². The zero-order valence-electron chi connectivity index (χ0n) is 9.07. The number of amides is 1. The lowest BCUT2D eigenvalue weighted by atomic mass is 10.00. The first-order valence-electron chi connectivity index (χ1n) is 5.20. The third-order valence-electron chi connectivity index (χ3n) is 2.64. The van der Waals surface area contributed by atoms with Crippen LogP contribution in [0.4, 0.5) is 0 Å². The van der Waals surface area contributed by atoms with Gasteiger partial charge in [0.25, 0.3) is 0 Å². The number of halogens is 1. The minimum absolute atomic E-state index is 0.0267. The van der Waals surface area contributed by atoms with Gasteiger partial charge in [0.15, 0.2) is 0 Å². The highest BCUT2D eigenvalue weighted by Crippen LogP contribution is 2.42. The zero-order valence-corrected chi connectivity index (χ0v) is 9.83. The van der Waals surface area contributed by atoms with Gasteiger partial charge in [-0.25, -0.2) is 0 Å². The van der Waals surface area contributed by atoms with Crippen LogP contribution in [0.5, 0.6) is 11.5 Å². The van der Waals surface area contributed by atoms with Gasteiger partial charge in [0.05, 0.1) is 12.6 Å². The monoisotopic (exact) mass is 253 g/mol. The third kappa shape index (κ3) is 2.22. The molecule has 2 N–H and O–H groups in total. The Kier molecular flexibility index (Phi) is 3.24. The summed E-state index contributed by atoms with van der Waals surface area (Å²) in [7, 11) is 0. The quantitative estimate of drug-likeness (QED) is 0.795. The van der Waals surface area contributed by atoms with E-state index in [1.165, 1.54) is 12.1 Å². The van der Waals surface area contributed by atoms with Gasteiger partial charge >= 0.3 is 0 Å². The summed E-state index contributed by atoms with van der Waals surface area (Å²) in [4.78, 5) is 11.3. The molecule has 1 aromatic carbocycles. The summed E-state index contributed by atoms with van der Waals surface area (Å²) in [6.45, 7) is 3.85. The predicted molar refractivity (Wildman–Crippen MR) is 64.3 cm³/mol. The number of rotatable bonds is 2. The highest BCUT2D eigenvalue weighted by Gasteiger charge is 2.25. The van der Waals surface area contributed by atoms with Crippen LogP contribution in [0.2, 0.25) is 5.02 Å². The van der Waals surface area contributed by atoms with Crippen LogP contribution in [0.25, 0.3) is 0 Å². The number of hydrogen-bond acceptors (Lipinski definition) is 3. The number of phenolic OH excluding ortho intramolecular Hbond substituents is 1. The first-order valence-corrected chi connectivity index (χ1v) is 5.58. The van der Waals surface area contributed by atoms with Crippen molar-refractivity contribution in [3.05, 3.63) is 35.4 Å². The Hall–Kier alpha value is -1.68. The standard InChI is InChI=1S/C12H12ClNO3/c1-2-10(16)14-8-5-6-17-12-7(8)3-4-9(15)11(12)13/h2-4,8,15H,1,5-6H2,(H,14,16). The van der Waals surface area contributed by atoms with Gasteiger partial charge in [-0.2, -0.15) is 0 Å². The van der Waals surface area contributed by atoms with Crippen molar-refractivity contribution in [1.29, 1.82) is 0 Å². The highest BCUT2D eigenvalue weighted by molar-refractivity contribution is 6.33. The van der Waals surface area contributed by atoms with Crippen LogP contribution < -0.4 is 10.1 Å². The fraction of sp³-hybridized carbons (Fsp3) is 0.250. The van der Waals surface area contributed by atoms with E-state index in [2.05, 4.69) is 11.9 Å². The molecule has 1 aliphatic heterocycles. The largest absolute Gasteiger partial charge is 0.506 e. The van der Waals surface area contributed by atoms with Gasteiger partial charge < -0.3 is 15.2 Å². The summed E-state index contributed by atoms with van der Waals surface area (Å²) in [5.41, 5.74) is 0.772. The van der Waals surface area contributed by atoms with Gasteiger partial charge in [-0.1, -0.05) is 18.2 Å². The van der Waals surface area contributed by atoms with E-state index >= 15 is 0 Å². The predicted octanol–water partition coefficient (Wildman–Crippen LogP) is 2.17. The minimum atomic E-state index is -0.243. The van der Waals surface area contributed by atoms with Gasteiger partial charge in [0.1, 0.15) is 16.5 Å². The second kappa shape index (κ2) is 4.67. The number of carbonyl (C=O) groups is 1. The number of nitrogens with one attached hydrogen (secondary N) is 1. The summed E-state index contributed by atoms with van der Waals surface area (Å²) in [5.74, 6) is 0.167. The molecule has 1 amide bonds. The van der Waals surface area contributed by atoms with Crippen molar-refractivity contribution < 1.29 is 14.6 Å². The van der Waals surface area contributed by atoms with E-state index in [1.54, 1.807) is 6.07 Å². The Morgan fingerprint density at radius 3 is 3.12 bits per heavy atom. The van der Waals surface area contributed by atoms with Crippen LogP contribution in [0.1, 0.15) is 18.0 Å². The molecule has 4 nitrogen and oxygen atoms in total. The summed E-state index contributed by atoms with van der Waals surface area (Å²) >= 11 is 5.94. The van der Waals surface area contributed by atoms with E-state index in [9.17, 15) is 9.90 Å². The second-order valence-corrected chi connectivity index (χ2v) is 4.10. The molecule has 1 unspecified atom stereocenters. The molecule has 17 heavy (non-hydrogen) atoms. The van der Waals surface area contributed by atoms with Crippen molar-refractivity contribution >= 4 is 17.5 Å². The molecule has 0 aromatic heterocycles. The number of benzene rings is 1. The van der Waals surface area contributed by atoms with Crippen molar-refractivity contribution in [2.24, 2.45) is 0 Å². The topological polar surface area (TPSA) is 58.6 Å². The maximum Gasteiger partial charge on any atom is 0.243 e. The van der Waals surface area contributed by atoms with E-state index in [4.69, 9.17) is 16.3 Å². The molecule has 1 aromatic rings. The molecular formula is C12H12ClNO3. The highest BCUT2D eigenvalue weighted by atomic mass is 35.5. The van der Waals surface area contributed by atoms with Crippen LogP contribution in [0.15, 0.2) is 24.8 Å². The minimum Gasteiger partial charge on any atom is -0.506 e. The van der Waals surface area contributed by atoms with Crippen LogP contribution in [-0.2, 0) is 4.79 Å². The van der Waals surface area contributed by atoms with Crippen molar-refractivity contribution in [3.8, 4) is 11.5 Å². The molecule has 2 rings (SSSR count). The van der Waals surface area contributed by atoms with Gasteiger partial charge in [0.2, 0.25) is 5.91 Å². The Balaban J connectivity index is 2.35. The Labute approximate surface area is 104 Å². The number of fused-ring (bicyclic) bond motifs is 1. The molecule has 0 aliphatic carbocycles. The average Bonchev–Trinajstić information content (AvgIpc) is 2.34. The first kappa shape index (κ1) is 11.8. The average molecular weight is 254 g/mol. The molecule has 0 saturated heterocycles. The van der Waals surface area contributed by atoms with Crippen LogP contribution in [-0.4, -0.2) is 17.6 Å². The van der Waals surface area contributed by atoms with Gasteiger partial charge in [-0.15, -0.1) is 0 Å². The van der Waals surface area contributed by atoms with E-state index in [0.29, 0.717) is 18.8 Å². The Bertz CT molecular complexity index is 473. The molecule has 0 fully saturated rings. The van der Waals surface area contributed by atoms with Gasteiger partial charge in [-0.05, 0) is 18.2 Å². The van der Waals surface area contributed by atoms with E-state index in [1.807, 2.05) is 0 Å². The SMILES string of the molecule is C=CC(=O)NC1CCOc2c1ccc(O)c2Cl. The molecule has 0 saturated carbocycles. The zero-order chi connectivity index (χ0) is 12.4. The molecule has 5 heteroatoms. The maximum absolute atomic E-state index is 11.3. The molecule has 1 aliphatic rings. The number of phenols is 1. The van der Waals surface area contributed by atoms with Crippen molar-refractivity contribution in [2.45, 2.75) is 12.5 Å². The number of hydrogen-bond donors (Lipinski definition) is 2. The van der Waals surface area contributed by atoms with E-state index in [-0.39, 0.29) is 22.7 Å². The lowest BCUT2D eigenvalue weighted by molar-refractivity contribution is -0.117. The van der Waals surface area contributed by atoms with Crippen LogP contribution >= 0.6 is 11.6 Å². The normalized spacial score (nSPS) is 17.8. The molecular weight excluding hydrogens is 242 g/mol. The van der Waals surface area contributed by atoms with Gasteiger partial charge in [0, 0.05) is 12.0 Å². The summed E-state index contributed by atoms with van der Waals surface area (Å²) in [6.07, 6.45) is 1.88. The smallest absolute Gasteiger partial charge is 0.243 e. The fourth-order valence-electron chi connectivity index (χ4n) is 1.80. The third-order valence-corrected chi connectivity index (χ3v) is 3.00. The molecule has 0 bridgehead atoms. The lowest BCUT2D eigenvalue weighted by Gasteiger charge is -2.27. The number of carbonyl (C=O) groups excluding carboxylic acids is 1. The van der Waals surface area contributed by atoms with Crippen molar-refractivity contribution in [2.75, 3.05) is 6.61 Å². The van der Waals surface area contributed by atoms with Crippen LogP contribution in [0, 0.1) is 0 Å². The second-order valence-electron chi connectivity index (χ2n) is 3.72.